The van der Waals surface area contributed by atoms with Crippen molar-refractivity contribution in [3.63, 3.8) is 0 Å². The summed E-state index contributed by atoms with van der Waals surface area (Å²) in [7, 11) is 0. The van der Waals surface area contributed by atoms with Crippen molar-refractivity contribution in [1.29, 1.82) is 0 Å². The maximum Gasteiger partial charge on any atom is 0.103 e. The second kappa shape index (κ2) is 5.32. The smallest absolute Gasteiger partial charge is 0.103 e. The summed E-state index contributed by atoms with van der Waals surface area (Å²) in [6, 6.07) is 0.204. The highest BCUT2D eigenvalue weighted by molar-refractivity contribution is 7.98. The van der Waals surface area contributed by atoms with Crippen molar-refractivity contribution in [2.75, 3.05) is 5.75 Å². The molecule has 1 aromatic heterocycles. The van der Waals surface area contributed by atoms with Gasteiger partial charge in [0.1, 0.15) is 5.01 Å². The van der Waals surface area contributed by atoms with E-state index in [1.807, 2.05) is 23.1 Å². The first-order chi connectivity index (χ1) is 7.31. The Morgan fingerprint density at radius 1 is 1.60 bits per heavy atom. The lowest BCUT2D eigenvalue weighted by atomic mass is 9.99. The molecule has 2 nitrogen and oxygen atoms in total. The summed E-state index contributed by atoms with van der Waals surface area (Å²) < 4.78 is 0. The SMILES string of the molecule is CCCSCc1nc2c(s1)CCCC2N. The van der Waals surface area contributed by atoms with Crippen LogP contribution in [0.15, 0.2) is 0 Å². The molecular weight excluding hydrogens is 224 g/mol. The molecule has 1 unspecified atom stereocenters. The number of rotatable bonds is 4. The van der Waals surface area contributed by atoms with Gasteiger partial charge in [-0.15, -0.1) is 11.3 Å². The maximum absolute atomic E-state index is 6.05. The van der Waals surface area contributed by atoms with Crippen molar-refractivity contribution in [3.8, 4) is 0 Å². The van der Waals surface area contributed by atoms with E-state index in [0.717, 1.165) is 12.2 Å². The molecule has 1 aromatic rings. The van der Waals surface area contributed by atoms with E-state index in [9.17, 15) is 0 Å². The second-order valence-electron chi connectivity index (χ2n) is 3.97. The standard InChI is InChI=1S/C11H18N2S2/c1-2-6-14-7-10-13-11-8(12)4-3-5-9(11)15-10/h8H,2-7,12H2,1H3. The molecule has 0 aromatic carbocycles. The minimum Gasteiger partial charge on any atom is -0.323 e. The minimum absolute atomic E-state index is 0.204. The molecule has 0 bridgehead atoms. The van der Waals surface area contributed by atoms with Crippen LogP contribution in [0, 0.1) is 0 Å². The fourth-order valence-electron chi connectivity index (χ4n) is 1.87. The summed E-state index contributed by atoms with van der Waals surface area (Å²) in [5.74, 6) is 2.30. The van der Waals surface area contributed by atoms with E-state index in [4.69, 9.17) is 5.73 Å². The molecule has 0 amide bonds. The Bertz CT molecular complexity index is 322. The summed E-state index contributed by atoms with van der Waals surface area (Å²) in [5.41, 5.74) is 7.24. The van der Waals surface area contributed by atoms with Crippen LogP contribution < -0.4 is 5.73 Å². The molecule has 0 spiro atoms. The zero-order valence-corrected chi connectivity index (χ0v) is 10.8. The molecule has 2 N–H and O–H groups in total. The van der Waals surface area contributed by atoms with Gasteiger partial charge in [-0.05, 0) is 31.4 Å². The molecule has 1 aliphatic rings. The van der Waals surface area contributed by atoms with E-state index in [0.29, 0.717) is 0 Å². The number of nitrogens with two attached hydrogens (primary N) is 1. The zero-order valence-electron chi connectivity index (χ0n) is 9.16. The van der Waals surface area contributed by atoms with E-state index in [1.54, 1.807) is 0 Å². The first-order valence-corrected chi connectivity index (χ1v) is 7.60. The van der Waals surface area contributed by atoms with Crippen LogP contribution in [-0.2, 0) is 12.2 Å². The Labute approximate surface area is 99.7 Å². The minimum atomic E-state index is 0.204. The average Bonchev–Trinajstić information content (AvgIpc) is 2.63. The topological polar surface area (TPSA) is 38.9 Å². The third-order valence-electron chi connectivity index (χ3n) is 2.62. The van der Waals surface area contributed by atoms with Crippen molar-refractivity contribution in [3.05, 3.63) is 15.6 Å². The molecule has 84 valence electrons. The van der Waals surface area contributed by atoms with E-state index in [2.05, 4.69) is 11.9 Å². The van der Waals surface area contributed by atoms with E-state index < -0.39 is 0 Å². The van der Waals surface area contributed by atoms with Gasteiger partial charge in [-0.1, -0.05) is 6.92 Å². The Kier molecular flexibility index (Phi) is 4.05. The van der Waals surface area contributed by atoms with E-state index >= 15 is 0 Å². The van der Waals surface area contributed by atoms with Gasteiger partial charge in [0.15, 0.2) is 0 Å². The lowest BCUT2D eigenvalue weighted by molar-refractivity contribution is 0.563. The lowest BCUT2D eigenvalue weighted by Gasteiger charge is -2.15. The number of hydrogen-bond donors (Lipinski definition) is 1. The van der Waals surface area contributed by atoms with Crippen LogP contribution in [-0.4, -0.2) is 10.7 Å². The molecule has 0 saturated heterocycles. The van der Waals surface area contributed by atoms with Crippen LogP contribution in [0.4, 0.5) is 0 Å². The molecule has 2 rings (SSSR count). The third-order valence-corrected chi connectivity index (χ3v) is 5.10. The Morgan fingerprint density at radius 2 is 2.47 bits per heavy atom. The maximum atomic E-state index is 6.05. The highest BCUT2D eigenvalue weighted by atomic mass is 32.2. The van der Waals surface area contributed by atoms with Crippen molar-refractivity contribution in [2.45, 2.75) is 44.4 Å². The summed E-state index contributed by atoms with van der Waals surface area (Å²) in [6.45, 7) is 2.22. The Balaban J connectivity index is 2.01. The van der Waals surface area contributed by atoms with Gasteiger partial charge in [0, 0.05) is 16.7 Å². The van der Waals surface area contributed by atoms with Crippen LogP contribution in [0.3, 0.4) is 0 Å². The fraction of sp³-hybridized carbons (Fsp3) is 0.727. The van der Waals surface area contributed by atoms with Crippen molar-refractivity contribution < 1.29 is 0 Å². The third kappa shape index (κ3) is 2.74. The van der Waals surface area contributed by atoms with Crippen LogP contribution in [0.2, 0.25) is 0 Å². The summed E-state index contributed by atoms with van der Waals surface area (Å²) in [4.78, 5) is 6.12. The van der Waals surface area contributed by atoms with Crippen LogP contribution in [0.1, 0.15) is 47.8 Å². The van der Waals surface area contributed by atoms with Crippen LogP contribution in [0.25, 0.3) is 0 Å². The highest BCUT2D eigenvalue weighted by Gasteiger charge is 2.21. The summed E-state index contributed by atoms with van der Waals surface area (Å²) >= 11 is 3.86. The molecular formula is C11H18N2S2. The molecule has 0 fully saturated rings. The first-order valence-electron chi connectivity index (χ1n) is 5.63. The first kappa shape index (κ1) is 11.4. The molecule has 4 heteroatoms. The van der Waals surface area contributed by atoms with Gasteiger partial charge in [0.05, 0.1) is 5.69 Å². The van der Waals surface area contributed by atoms with Gasteiger partial charge in [0.25, 0.3) is 0 Å². The monoisotopic (exact) mass is 242 g/mol. The van der Waals surface area contributed by atoms with Gasteiger partial charge in [0.2, 0.25) is 0 Å². The highest BCUT2D eigenvalue weighted by Crippen LogP contribution is 2.33. The molecule has 1 aliphatic carbocycles. The van der Waals surface area contributed by atoms with Gasteiger partial charge in [-0.2, -0.15) is 11.8 Å². The summed E-state index contributed by atoms with van der Waals surface area (Å²) in [5, 5.41) is 1.27. The van der Waals surface area contributed by atoms with Crippen molar-refractivity contribution in [1.82, 2.24) is 4.98 Å². The van der Waals surface area contributed by atoms with E-state index in [-0.39, 0.29) is 6.04 Å². The number of thiazole rings is 1. The number of fused-ring (bicyclic) bond motifs is 1. The molecule has 0 aliphatic heterocycles. The van der Waals surface area contributed by atoms with Crippen molar-refractivity contribution in [2.24, 2.45) is 5.73 Å². The largest absolute Gasteiger partial charge is 0.323 e. The predicted octanol–water partition coefficient (Wildman–Crippen LogP) is 3.12. The number of nitrogens with zero attached hydrogens (tertiary/aromatic N) is 1. The predicted molar refractivity (Wildman–Crippen MR) is 68.4 cm³/mol. The quantitative estimate of drug-likeness (QED) is 0.825. The van der Waals surface area contributed by atoms with Gasteiger partial charge in [-0.25, -0.2) is 4.98 Å². The Hall–Kier alpha value is -0.0600. The normalized spacial score (nSPS) is 20.3. The van der Waals surface area contributed by atoms with Gasteiger partial charge >= 0.3 is 0 Å². The van der Waals surface area contributed by atoms with Crippen molar-refractivity contribution >= 4 is 23.1 Å². The second-order valence-corrected chi connectivity index (χ2v) is 6.24. The number of aromatic nitrogens is 1. The van der Waals surface area contributed by atoms with Gasteiger partial charge in [-0.3, -0.25) is 0 Å². The molecule has 0 radical (unpaired) electrons. The lowest BCUT2D eigenvalue weighted by Crippen LogP contribution is -2.16. The Morgan fingerprint density at radius 3 is 3.20 bits per heavy atom. The van der Waals surface area contributed by atoms with Gasteiger partial charge < -0.3 is 5.73 Å². The number of thioether (sulfide) groups is 1. The zero-order chi connectivity index (χ0) is 10.7. The number of hydrogen-bond acceptors (Lipinski definition) is 4. The van der Waals surface area contributed by atoms with E-state index in [1.165, 1.54) is 40.6 Å². The fourth-order valence-corrected chi connectivity index (χ4v) is 4.00. The molecule has 15 heavy (non-hydrogen) atoms. The van der Waals surface area contributed by atoms with Crippen LogP contribution >= 0.6 is 23.1 Å². The average molecular weight is 242 g/mol. The molecule has 1 atom stereocenters. The molecule has 0 saturated carbocycles. The number of aryl methyl sites for hydroxylation is 1. The molecule has 1 heterocycles. The summed E-state index contributed by atoms with van der Waals surface area (Å²) in [6.07, 6.45) is 4.78. The van der Waals surface area contributed by atoms with Crippen LogP contribution in [0.5, 0.6) is 0 Å².